The highest BCUT2D eigenvalue weighted by Crippen LogP contribution is 2.50. The van der Waals surface area contributed by atoms with Crippen molar-refractivity contribution < 1.29 is 19.4 Å². The Balaban J connectivity index is 0.740. The summed E-state index contributed by atoms with van der Waals surface area (Å²) in [6.45, 7) is 9.66. The van der Waals surface area contributed by atoms with Crippen LogP contribution in [-0.2, 0) is 23.1 Å². The number of aromatic hydroxyl groups is 1. The van der Waals surface area contributed by atoms with E-state index in [4.69, 9.17) is 9.47 Å². The summed E-state index contributed by atoms with van der Waals surface area (Å²) in [7, 11) is 0. The highest BCUT2D eigenvalue weighted by molar-refractivity contribution is 6.01. The van der Waals surface area contributed by atoms with Gasteiger partial charge in [-0.05, 0) is 135 Å². The van der Waals surface area contributed by atoms with E-state index in [1.807, 2.05) is 12.1 Å². The Kier molecular flexibility index (Phi) is 8.52. The average Bonchev–Trinajstić information content (AvgIpc) is 3.77. The molecule has 0 saturated carbocycles. The molecular weight excluding hydrogens is 671 g/mol. The molecule has 7 heteroatoms. The van der Waals surface area contributed by atoms with Crippen molar-refractivity contribution in [2.45, 2.75) is 87.7 Å². The SMILES string of the molecule is Cc1cc2c(c3c1C(=O)NC3)OCC21CCN(CC2CCC3(CCN(c4ccc(C5c6ccc(O)cc6CCC5c5ccccc5)cc4)CC3)OC2)CC1. The van der Waals surface area contributed by atoms with Crippen molar-refractivity contribution in [3.63, 3.8) is 0 Å². The van der Waals surface area contributed by atoms with Gasteiger partial charge in [0.15, 0.2) is 0 Å². The van der Waals surface area contributed by atoms with Crippen molar-refractivity contribution in [2.75, 3.05) is 50.8 Å². The monoisotopic (exact) mass is 723 g/mol. The molecule has 7 nitrogen and oxygen atoms in total. The van der Waals surface area contributed by atoms with Crippen LogP contribution in [0.5, 0.6) is 11.5 Å². The number of rotatable bonds is 5. The van der Waals surface area contributed by atoms with Crippen molar-refractivity contribution in [1.29, 1.82) is 0 Å². The van der Waals surface area contributed by atoms with Gasteiger partial charge in [0.05, 0.1) is 24.4 Å². The lowest BCUT2D eigenvalue weighted by molar-refractivity contribution is -0.117. The van der Waals surface area contributed by atoms with Crippen LogP contribution in [0.15, 0.2) is 78.9 Å². The minimum absolute atomic E-state index is 0.0262. The number of hydrogen-bond donors (Lipinski definition) is 2. The zero-order valence-corrected chi connectivity index (χ0v) is 31.6. The third-order valence-electron chi connectivity index (χ3n) is 14.4. The number of carbonyl (C=O) groups is 1. The average molecular weight is 724 g/mol. The zero-order chi connectivity index (χ0) is 36.4. The largest absolute Gasteiger partial charge is 0.508 e. The van der Waals surface area contributed by atoms with Gasteiger partial charge in [0.2, 0.25) is 0 Å². The van der Waals surface area contributed by atoms with E-state index in [0.717, 1.165) is 113 Å². The van der Waals surface area contributed by atoms with Crippen molar-refractivity contribution >= 4 is 11.6 Å². The molecule has 0 bridgehead atoms. The first-order chi connectivity index (χ1) is 26.4. The van der Waals surface area contributed by atoms with Gasteiger partial charge in [-0.1, -0.05) is 54.6 Å². The summed E-state index contributed by atoms with van der Waals surface area (Å²) in [5, 5.41) is 13.2. The molecule has 0 aromatic heterocycles. The van der Waals surface area contributed by atoms with Crippen molar-refractivity contribution in [3.05, 3.63) is 123 Å². The van der Waals surface area contributed by atoms with Crippen LogP contribution in [0.25, 0.3) is 0 Å². The number of aryl methyl sites for hydroxylation is 2. The van der Waals surface area contributed by atoms with Gasteiger partial charge in [0.25, 0.3) is 5.91 Å². The zero-order valence-electron chi connectivity index (χ0n) is 31.6. The highest BCUT2D eigenvalue weighted by atomic mass is 16.5. The number of nitrogens with zero attached hydrogens (tertiary/aromatic N) is 2. The lowest BCUT2D eigenvalue weighted by Crippen LogP contribution is -2.51. The number of fused-ring (bicyclic) bond motifs is 5. The Morgan fingerprint density at radius 3 is 2.43 bits per heavy atom. The number of likely N-dealkylation sites (tertiary alicyclic amines) is 1. The predicted octanol–water partition coefficient (Wildman–Crippen LogP) is 8.00. The van der Waals surface area contributed by atoms with Crippen LogP contribution in [0.4, 0.5) is 5.69 Å². The van der Waals surface area contributed by atoms with Crippen LogP contribution in [-0.4, -0.2) is 67.5 Å². The minimum atomic E-state index is 0.0262. The number of hydrogen-bond acceptors (Lipinski definition) is 6. The molecule has 0 radical (unpaired) electrons. The van der Waals surface area contributed by atoms with Crippen LogP contribution < -0.4 is 15.0 Å². The van der Waals surface area contributed by atoms with Crippen LogP contribution in [0.2, 0.25) is 0 Å². The second-order valence-corrected chi connectivity index (χ2v) is 17.4. The first kappa shape index (κ1) is 34.2. The molecule has 5 heterocycles. The number of amides is 1. The summed E-state index contributed by atoms with van der Waals surface area (Å²) in [5.41, 5.74) is 11.1. The third kappa shape index (κ3) is 5.90. The molecule has 2 spiro atoms. The Hall–Kier alpha value is -4.33. The van der Waals surface area contributed by atoms with Crippen LogP contribution in [0, 0.1) is 12.8 Å². The smallest absolute Gasteiger partial charge is 0.252 e. The Morgan fingerprint density at radius 1 is 0.870 bits per heavy atom. The lowest BCUT2D eigenvalue weighted by atomic mass is 9.69. The molecule has 3 saturated heterocycles. The summed E-state index contributed by atoms with van der Waals surface area (Å²) in [6.07, 6.45) is 8.89. The Labute approximate surface area is 319 Å². The fraction of sp³-hybridized carbons (Fsp3) is 0.468. The van der Waals surface area contributed by atoms with E-state index in [1.165, 1.54) is 39.9 Å². The molecule has 1 aliphatic carbocycles. The molecule has 3 unspecified atom stereocenters. The summed E-state index contributed by atoms with van der Waals surface area (Å²) in [4.78, 5) is 17.6. The van der Waals surface area contributed by atoms with E-state index in [1.54, 1.807) is 0 Å². The second kappa shape index (κ2) is 13.5. The number of phenolic OH excluding ortho intramolecular Hbond substituents is 1. The predicted molar refractivity (Wildman–Crippen MR) is 212 cm³/mol. The molecule has 54 heavy (non-hydrogen) atoms. The quantitative estimate of drug-likeness (QED) is 0.218. The number of anilines is 1. The number of piperidine rings is 2. The van der Waals surface area contributed by atoms with Crippen molar-refractivity contribution in [1.82, 2.24) is 10.2 Å². The summed E-state index contributed by atoms with van der Waals surface area (Å²) < 4.78 is 13.2. The molecule has 10 rings (SSSR count). The molecule has 3 fully saturated rings. The first-order valence-electron chi connectivity index (χ1n) is 20.5. The standard InChI is InChI=1S/C47H53N3O4/c1-31-25-41-44(40-27-48-45(52)42(31)40)53-30-46(41)17-21-49(22-18-46)28-32-15-16-47(54-29-32)19-23-50(24-20-47)36-10-7-34(8-11-36)43-38(33-5-3-2-4-6-33)13-9-35-26-37(51)12-14-39(35)43/h2-8,10-12,14,25-26,32,38,43,51H,9,13,15-24,27-30H2,1H3,(H,48,52). The first-order valence-corrected chi connectivity index (χ1v) is 20.5. The van der Waals surface area contributed by atoms with E-state index in [2.05, 4.69) is 88.8 Å². The maximum Gasteiger partial charge on any atom is 0.252 e. The summed E-state index contributed by atoms with van der Waals surface area (Å²) in [6, 6.07) is 28.6. The lowest BCUT2D eigenvalue weighted by Gasteiger charge is -2.47. The van der Waals surface area contributed by atoms with Gasteiger partial charge in [-0.15, -0.1) is 0 Å². The molecule has 6 aliphatic rings. The van der Waals surface area contributed by atoms with Gasteiger partial charge in [-0.2, -0.15) is 0 Å². The third-order valence-corrected chi connectivity index (χ3v) is 14.4. The molecule has 2 N–H and O–H groups in total. The number of benzene rings is 4. The summed E-state index contributed by atoms with van der Waals surface area (Å²) in [5.74, 6) is 2.67. The Morgan fingerprint density at radius 2 is 1.67 bits per heavy atom. The van der Waals surface area contributed by atoms with E-state index >= 15 is 0 Å². The van der Waals surface area contributed by atoms with Gasteiger partial charge < -0.3 is 29.7 Å². The number of nitrogens with one attached hydrogen (secondary N) is 1. The van der Waals surface area contributed by atoms with Gasteiger partial charge in [0.1, 0.15) is 11.5 Å². The van der Waals surface area contributed by atoms with Crippen LogP contribution in [0.1, 0.15) is 106 Å². The molecule has 5 aliphatic heterocycles. The topological polar surface area (TPSA) is 74.3 Å². The van der Waals surface area contributed by atoms with E-state index in [9.17, 15) is 9.90 Å². The number of phenols is 1. The van der Waals surface area contributed by atoms with E-state index < -0.39 is 0 Å². The van der Waals surface area contributed by atoms with Gasteiger partial charge in [-0.25, -0.2) is 0 Å². The molecule has 1 amide bonds. The van der Waals surface area contributed by atoms with E-state index in [-0.39, 0.29) is 22.8 Å². The minimum Gasteiger partial charge on any atom is -0.508 e. The molecule has 4 aromatic carbocycles. The normalized spacial score (nSPS) is 25.5. The van der Waals surface area contributed by atoms with Crippen molar-refractivity contribution in [3.8, 4) is 11.5 Å². The fourth-order valence-corrected chi connectivity index (χ4v) is 11.2. The maximum atomic E-state index is 12.4. The highest BCUT2D eigenvalue weighted by Gasteiger charge is 2.46. The number of carbonyl (C=O) groups excluding carboxylic acids is 1. The van der Waals surface area contributed by atoms with Gasteiger partial charge in [-0.3, -0.25) is 4.79 Å². The van der Waals surface area contributed by atoms with Gasteiger partial charge >= 0.3 is 0 Å². The second-order valence-electron chi connectivity index (χ2n) is 17.4. The molecule has 3 atom stereocenters. The Bertz CT molecular complexity index is 2040. The van der Waals surface area contributed by atoms with E-state index in [0.29, 0.717) is 24.1 Å². The van der Waals surface area contributed by atoms with Crippen LogP contribution in [0.3, 0.4) is 0 Å². The van der Waals surface area contributed by atoms with Gasteiger partial charge in [0, 0.05) is 54.3 Å². The molecule has 4 aromatic rings. The molecule has 280 valence electrons. The van der Waals surface area contributed by atoms with Crippen LogP contribution >= 0.6 is 0 Å². The molecular formula is C47H53N3O4. The summed E-state index contributed by atoms with van der Waals surface area (Å²) >= 11 is 0. The number of ether oxygens (including phenoxy) is 2. The fourth-order valence-electron chi connectivity index (χ4n) is 11.2. The maximum absolute atomic E-state index is 12.4. The van der Waals surface area contributed by atoms with Crippen molar-refractivity contribution in [2.24, 2.45) is 5.92 Å².